The van der Waals surface area contributed by atoms with E-state index in [4.69, 9.17) is 4.74 Å². The van der Waals surface area contributed by atoms with Crippen molar-refractivity contribution < 1.29 is 23.1 Å². The van der Waals surface area contributed by atoms with Gasteiger partial charge in [-0.25, -0.2) is 13.8 Å². The summed E-state index contributed by atoms with van der Waals surface area (Å²) in [6, 6.07) is 19.0. The summed E-state index contributed by atoms with van der Waals surface area (Å²) in [5.74, 6) is -1.25. The average molecular weight is 482 g/mol. The van der Waals surface area contributed by atoms with E-state index in [9.17, 15) is 18.4 Å². The van der Waals surface area contributed by atoms with Crippen molar-refractivity contribution in [1.82, 2.24) is 4.90 Å². The van der Waals surface area contributed by atoms with Gasteiger partial charge in [-0.1, -0.05) is 48.2 Å². The molecule has 34 heavy (non-hydrogen) atoms. The molecule has 0 spiro atoms. The van der Waals surface area contributed by atoms with Gasteiger partial charge in [-0.2, -0.15) is 0 Å². The van der Waals surface area contributed by atoms with Gasteiger partial charge in [0.25, 0.3) is 0 Å². The number of thioether (sulfide) groups is 1. The number of amides is 2. The molecule has 9 heteroatoms. The number of hydrogen-bond donors (Lipinski definition) is 1. The molecule has 3 aromatic carbocycles. The standard InChI is InChI=1S/C25H21F2N3O3S/c1-33-17-12-10-16(11-13-17)15-30-24(32)22(14-23(31)28-20-8-4-2-6-18(20)26)34-25(30)29-21-9-5-3-7-19(21)27/h2-13,22H,14-15H2,1H3,(H,28,31)/t22-/m1/s1. The van der Waals surface area contributed by atoms with E-state index >= 15 is 0 Å². The molecule has 0 aliphatic carbocycles. The van der Waals surface area contributed by atoms with Crippen LogP contribution in [0.5, 0.6) is 5.75 Å². The number of methoxy groups -OCH3 is 1. The average Bonchev–Trinajstić information content (AvgIpc) is 3.11. The molecule has 0 aromatic heterocycles. The molecule has 6 nitrogen and oxygen atoms in total. The summed E-state index contributed by atoms with van der Waals surface area (Å²) in [4.78, 5) is 31.6. The number of ether oxygens (including phenoxy) is 1. The third kappa shape index (κ3) is 5.43. The topological polar surface area (TPSA) is 71.0 Å². The van der Waals surface area contributed by atoms with E-state index in [2.05, 4.69) is 10.3 Å². The number of hydrogen-bond acceptors (Lipinski definition) is 5. The largest absolute Gasteiger partial charge is 0.497 e. The summed E-state index contributed by atoms with van der Waals surface area (Å²) >= 11 is 1.08. The number of anilines is 1. The molecule has 0 radical (unpaired) electrons. The van der Waals surface area contributed by atoms with Crippen molar-refractivity contribution >= 4 is 40.1 Å². The van der Waals surface area contributed by atoms with E-state index in [1.165, 1.54) is 35.2 Å². The highest BCUT2D eigenvalue weighted by atomic mass is 32.2. The minimum absolute atomic E-state index is 0.0401. The van der Waals surface area contributed by atoms with Crippen LogP contribution in [0.15, 0.2) is 77.8 Å². The second kappa shape index (κ2) is 10.5. The molecule has 1 aliphatic rings. The highest BCUT2D eigenvalue weighted by Gasteiger charge is 2.39. The maximum atomic E-state index is 14.2. The number of amidine groups is 1. The SMILES string of the molecule is COc1ccc(CN2C(=O)[C@@H](CC(=O)Nc3ccccc3F)SC2=Nc2ccccc2F)cc1. The Bertz CT molecular complexity index is 1230. The molecular formula is C25H21F2N3O3S. The van der Waals surface area contributed by atoms with Crippen molar-refractivity contribution in [3.05, 3.63) is 90.0 Å². The lowest BCUT2D eigenvalue weighted by Gasteiger charge is -2.17. The Kier molecular flexibility index (Phi) is 7.22. The Balaban J connectivity index is 1.56. The fourth-order valence-electron chi connectivity index (χ4n) is 3.36. The molecule has 2 amide bonds. The lowest BCUT2D eigenvalue weighted by Crippen LogP contribution is -2.33. The lowest BCUT2D eigenvalue weighted by molar-refractivity contribution is -0.128. The van der Waals surface area contributed by atoms with Crippen LogP contribution in [-0.4, -0.2) is 34.2 Å². The van der Waals surface area contributed by atoms with Crippen molar-refractivity contribution in [3.8, 4) is 5.75 Å². The van der Waals surface area contributed by atoms with E-state index in [0.717, 1.165) is 17.3 Å². The third-order valence-corrected chi connectivity index (χ3v) is 6.28. The Morgan fingerprint density at radius 1 is 1.03 bits per heavy atom. The van der Waals surface area contributed by atoms with E-state index in [-0.39, 0.29) is 35.4 Å². The van der Waals surface area contributed by atoms with Crippen LogP contribution < -0.4 is 10.1 Å². The number of benzene rings is 3. The van der Waals surface area contributed by atoms with Crippen LogP contribution in [0.4, 0.5) is 20.2 Å². The van der Waals surface area contributed by atoms with Gasteiger partial charge in [-0.05, 0) is 42.0 Å². The van der Waals surface area contributed by atoms with E-state index in [0.29, 0.717) is 5.75 Å². The van der Waals surface area contributed by atoms with Crippen molar-refractivity contribution in [1.29, 1.82) is 0 Å². The van der Waals surface area contributed by atoms with Crippen LogP contribution in [0.1, 0.15) is 12.0 Å². The zero-order chi connectivity index (χ0) is 24.1. The van der Waals surface area contributed by atoms with Crippen LogP contribution in [0.3, 0.4) is 0 Å². The van der Waals surface area contributed by atoms with Gasteiger partial charge in [0.05, 0.1) is 19.3 Å². The Morgan fingerprint density at radius 3 is 2.38 bits per heavy atom. The molecule has 174 valence electrons. The Labute approximate surface area is 199 Å². The molecule has 1 atom stereocenters. The van der Waals surface area contributed by atoms with Gasteiger partial charge in [0.2, 0.25) is 11.8 Å². The van der Waals surface area contributed by atoms with Crippen LogP contribution >= 0.6 is 11.8 Å². The zero-order valence-electron chi connectivity index (χ0n) is 18.2. The maximum Gasteiger partial charge on any atom is 0.242 e. The molecule has 3 aromatic rings. The van der Waals surface area contributed by atoms with Gasteiger partial charge in [0, 0.05) is 6.42 Å². The van der Waals surface area contributed by atoms with Gasteiger partial charge in [0.1, 0.15) is 28.3 Å². The maximum absolute atomic E-state index is 14.2. The zero-order valence-corrected chi connectivity index (χ0v) is 19.0. The first kappa shape index (κ1) is 23.4. The number of halogens is 2. The molecule has 1 N–H and O–H groups in total. The van der Waals surface area contributed by atoms with Gasteiger partial charge in [0.15, 0.2) is 5.17 Å². The summed E-state index contributed by atoms with van der Waals surface area (Å²) in [7, 11) is 1.56. The third-order valence-electron chi connectivity index (χ3n) is 5.11. The van der Waals surface area contributed by atoms with Crippen molar-refractivity contribution in [2.45, 2.75) is 18.2 Å². The summed E-state index contributed by atoms with van der Waals surface area (Å²) in [5, 5.41) is 2.00. The lowest BCUT2D eigenvalue weighted by atomic mass is 10.2. The number of para-hydroxylation sites is 2. The van der Waals surface area contributed by atoms with Crippen LogP contribution in [0.2, 0.25) is 0 Å². The molecule has 0 saturated carbocycles. The minimum atomic E-state index is -0.782. The fraction of sp³-hybridized carbons (Fsp3) is 0.160. The van der Waals surface area contributed by atoms with Crippen molar-refractivity contribution in [3.63, 3.8) is 0 Å². The number of carbonyl (C=O) groups is 2. The van der Waals surface area contributed by atoms with E-state index < -0.39 is 22.8 Å². The molecule has 1 saturated heterocycles. The smallest absolute Gasteiger partial charge is 0.242 e. The molecule has 0 bridgehead atoms. The number of rotatable bonds is 7. The van der Waals surface area contributed by atoms with Crippen molar-refractivity contribution in [2.24, 2.45) is 4.99 Å². The molecule has 1 heterocycles. The van der Waals surface area contributed by atoms with Crippen LogP contribution in [0, 0.1) is 11.6 Å². The van der Waals surface area contributed by atoms with Crippen LogP contribution in [-0.2, 0) is 16.1 Å². The quantitative estimate of drug-likeness (QED) is 0.508. The molecule has 4 rings (SSSR count). The predicted molar refractivity (Wildman–Crippen MR) is 128 cm³/mol. The summed E-state index contributed by atoms with van der Waals surface area (Å²) in [6.45, 7) is 0.189. The first-order valence-electron chi connectivity index (χ1n) is 10.4. The first-order chi connectivity index (χ1) is 16.4. The second-order valence-electron chi connectivity index (χ2n) is 7.46. The normalized spacial score (nSPS) is 16.7. The summed E-state index contributed by atoms with van der Waals surface area (Å²) in [6.07, 6.45) is -0.187. The summed E-state index contributed by atoms with van der Waals surface area (Å²) < 4.78 is 33.3. The summed E-state index contributed by atoms with van der Waals surface area (Å²) in [5.41, 5.74) is 0.944. The molecule has 1 aliphatic heterocycles. The van der Waals surface area contributed by atoms with Gasteiger partial charge in [-0.3, -0.25) is 14.5 Å². The highest BCUT2D eigenvalue weighted by Crippen LogP contribution is 2.34. The molecule has 1 fully saturated rings. The van der Waals surface area contributed by atoms with Gasteiger partial charge < -0.3 is 10.1 Å². The number of nitrogens with zero attached hydrogens (tertiary/aromatic N) is 2. The minimum Gasteiger partial charge on any atom is -0.497 e. The number of nitrogens with one attached hydrogen (secondary N) is 1. The monoisotopic (exact) mass is 481 g/mol. The predicted octanol–water partition coefficient (Wildman–Crippen LogP) is 5.13. The van der Waals surface area contributed by atoms with E-state index in [1.54, 1.807) is 37.4 Å². The number of aliphatic imine (C=N–C) groups is 1. The molecule has 0 unspecified atom stereocenters. The van der Waals surface area contributed by atoms with E-state index in [1.807, 2.05) is 12.1 Å². The Hall–Kier alpha value is -3.72. The molecular weight excluding hydrogens is 460 g/mol. The van der Waals surface area contributed by atoms with Crippen molar-refractivity contribution in [2.75, 3.05) is 12.4 Å². The second-order valence-corrected chi connectivity index (χ2v) is 8.63. The highest BCUT2D eigenvalue weighted by molar-refractivity contribution is 8.15. The number of carbonyl (C=O) groups excluding carboxylic acids is 2. The first-order valence-corrected chi connectivity index (χ1v) is 11.3. The van der Waals surface area contributed by atoms with Gasteiger partial charge >= 0.3 is 0 Å². The Morgan fingerprint density at radius 2 is 1.71 bits per heavy atom. The van der Waals surface area contributed by atoms with Gasteiger partial charge in [-0.15, -0.1) is 0 Å². The fourth-order valence-corrected chi connectivity index (χ4v) is 4.51. The van der Waals surface area contributed by atoms with Crippen LogP contribution in [0.25, 0.3) is 0 Å².